The summed E-state index contributed by atoms with van der Waals surface area (Å²) in [5.41, 5.74) is 1.88. The van der Waals surface area contributed by atoms with Gasteiger partial charge in [-0.3, -0.25) is 4.79 Å². The minimum absolute atomic E-state index is 0.128. The van der Waals surface area contributed by atoms with Gasteiger partial charge >= 0.3 is 5.97 Å². The molecular formula is C22H24N4O5S2. The Kier molecular flexibility index (Phi) is 6.73. The summed E-state index contributed by atoms with van der Waals surface area (Å²) < 4.78 is 40.8. The number of benzene rings is 2. The Morgan fingerprint density at radius 1 is 1.09 bits per heavy atom. The number of ether oxygens (including phenoxy) is 1. The first-order valence-corrected chi connectivity index (χ1v) is 12.7. The maximum Gasteiger partial charge on any atom is 0.338 e. The van der Waals surface area contributed by atoms with Gasteiger partial charge in [0.25, 0.3) is 5.91 Å². The van der Waals surface area contributed by atoms with Crippen molar-refractivity contribution in [2.45, 2.75) is 25.2 Å². The van der Waals surface area contributed by atoms with Gasteiger partial charge in [0.2, 0.25) is 10.0 Å². The van der Waals surface area contributed by atoms with Crippen LogP contribution in [0.2, 0.25) is 0 Å². The van der Waals surface area contributed by atoms with Gasteiger partial charge in [0.05, 0.1) is 27.9 Å². The zero-order valence-corrected chi connectivity index (χ0v) is 19.9. The van der Waals surface area contributed by atoms with E-state index in [4.69, 9.17) is 4.74 Å². The number of anilines is 1. The SMILES string of the molecule is C[C@@H]1C[C@H](C)CN(S(=O)(=O)c2ccc(C(=O)OCC(=O)Nc3cccc4nsnc34)cc2)C1. The number of nitrogens with one attached hydrogen (secondary N) is 1. The van der Waals surface area contributed by atoms with Gasteiger partial charge in [-0.05, 0) is 54.7 Å². The van der Waals surface area contributed by atoms with E-state index < -0.39 is 28.5 Å². The summed E-state index contributed by atoms with van der Waals surface area (Å²) >= 11 is 1.04. The van der Waals surface area contributed by atoms with E-state index in [2.05, 4.69) is 14.1 Å². The number of aromatic nitrogens is 2. The predicted molar refractivity (Wildman–Crippen MR) is 124 cm³/mol. The minimum atomic E-state index is -3.64. The molecule has 2 atom stereocenters. The Balaban J connectivity index is 1.36. The van der Waals surface area contributed by atoms with Crippen molar-refractivity contribution in [3.8, 4) is 0 Å². The Labute approximate surface area is 196 Å². The van der Waals surface area contributed by atoms with Crippen LogP contribution in [0.25, 0.3) is 11.0 Å². The molecule has 1 saturated heterocycles. The fraction of sp³-hybridized carbons (Fsp3) is 0.364. The molecule has 9 nitrogen and oxygen atoms in total. The minimum Gasteiger partial charge on any atom is -0.452 e. The number of carbonyl (C=O) groups excluding carboxylic acids is 2. The van der Waals surface area contributed by atoms with Crippen molar-refractivity contribution in [2.75, 3.05) is 25.0 Å². The topological polar surface area (TPSA) is 119 Å². The van der Waals surface area contributed by atoms with Crippen LogP contribution in [0.1, 0.15) is 30.6 Å². The quantitative estimate of drug-likeness (QED) is 0.530. The molecule has 0 radical (unpaired) electrons. The summed E-state index contributed by atoms with van der Waals surface area (Å²) in [5.74, 6) is -0.649. The van der Waals surface area contributed by atoms with E-state index >= 15 is 0 Å². The molecule has 0 unspecified atom stereocenters. The maximum atomic E-state index is 13.0. The molecule has 0 saturated carbocycles. The predicted octanol–water partition coefficient (Wildman–Crippen LogP) is 3.15. The van der Waals surface area contributed by atoms with Gasteiger partial charge in [-0.2, -0.15) is 13.1 Å². The average Bonchev–Trinajstić information content (AvgIpc) is 3.27. The van der Waals surface area contributed by atoms with Crippen molar-refractivity contribution in [1.82, 2.24) is 13.1 Å². The van der Waals surface area contributed by atoms with E-state index in [0.717, 1.165) is 18.1 Å². The van der Waals surface area contributed by atoms with Crippen LogP contribution in [0.4, 0.5) is 5.69 Å². The number of amides is 1. The number of hydrogen-bond acceptors (Lipinski definition) is 8. The van der Waals surface area contributed by atoms with Crippen LogP contribution in [0.3, 0.4) is 0 Å². The Morgan fingerprint density at radius 2 is 1.79 bits per heavy atom. The van der Waals surface area contributed by atoms with Crippen LogP contribution in [-0.2, 0) is 19.6 Å². The monoisotopic (exact) mass is 488 g/mol. The molecule has 3 aromatic rings. The van der Waals surface area contributed by atoms with Crippen molar-refractivity contribution >= 4 is 50.3 Å². The van der Waals surface area contributed by atoms with Gasteiger partial charge in [0.1, 0.15) is 11.0 Å². The van der Waals surface area contributed by atoms with Crippen LogP contribution < -0.4 is 5.32 Å². The first-order valence-electron chi connectivity index (χ1n) is 10.5. The van der Waals surface area contributed by atoms with E-state index in [1.807, 2.05) is 13.8 Å². The number of hydrogen-bond donors (Lipinski definition) is 1. The molecule has 0 aliphatic carbocycles. The third-order valence-corrected chi connectivity index (χ3v) is 7.85. The van der Waals surface area contributed by atoms with E-state index in [1.165, 1.54) is 28.6 Å². The third kappa shape index (κ3) is 5.21. The van der Waals surface area contributed by atoms with Crippen LogP contribution in [0.5, 0.6) is 0 Å². The number of nitrogens with zero attached hydrogens (tertiary/aromatic N) is 3. The van der Waals surface area contributed by atoms with E-state index in [1.54, 1.807) is 18.2 Å². The summed E-state index contributed by atoms with van der Waals surface area (Å²) in [5, 5.41) is 2.65. The number of fused-ring (bicyclic) bond motifs is 1. The molecule has 1 fully saturated rings. The fourth-order valence-electron chi connectivity index (χ4n) is 4.02. The number of sulfonamides is 1. The normalized spacial score (nSPS) is 19.3. The highest BCUT2D eigenvalue weighted by molar-refractivity contribution is 7.89. The third-order valence-electron chi connectivity index (χ3n) is 5.46. The van der Waals surface area contributed by atoms with Gasteiger partial charge in [-0.1, -0.05) is 19.9 Å². The van der Waals surface area contributed by atoms with Crippen LogP contribution in [0, 0.1) is 11.8 Å². The summed E-state index contributed by atoms with van der Waals surface area (Å²) in [4.78, 5) is 24.7. The highest BCUT2D eigenvalue weighted by atomic mass is 32.2. The first kappa shape index (κ1) is 23.3. The van der Waals surface area contributed by atoms with Gasteiger partial charge in [0.15, 0.2) is 6.61 Å². The molecule has 2 aromatic carbocycles. The number of carbonyl (C=O) groups is 2. The molecule has 1 aromatic heterocycles. The Bertz CT molecular complexity index is 1260. The molecule has 11 heteroatoms. The average molecular weight is 489 g/mol. The number of piperidine rings is 1. The Morgan fingerprint density at radius 3 is 2.48 bits per heavy atom. The molecule has 0 bridgehead atoms. The highest BCUT2D eigenvalue weighted by Crippen LogP contribution is 2.27. The number of esters is 1. The lowest BCUT2D eigenvalue weighted by Gasteiger charge is -2.34. The summed E-state index contributed by atoms with van der Waals surface area (Å²) in [6.07, 6.45) is 1.00. The van der Waals surface area contributed by atoms with Crippen molar-refractivity contribution in [1.29, 1.82) is 0 Å². The van der Waals surface area contributed by atoms with Crippen molar-refractivity contribution in [2.24, 2.45) is 11.8 Å². The molecular weight excluding hydrogens is 464 g/mol. The van der Waals surface area contributed by atoms with E-state index in [9.17, 15) is 18.0 Å². The van der Waals surface area contributed by atoms with Crippen molar-refractivity contribution in [3.05, 3.63) is 48.0 Å². The van der Waals surface area contributed by atoms with Gasteiger partial charge in [-0.25, -0.2) is 13.2 Å². The second kappa shape index (κ2) is 9.54. The molecule has 0 spiro atoms. The second-order valence-corrected chi connectivity index (χ2v) is 10.8. The molecule has 33 heavy (non-hydrogen) atoms. The molecule has 174 valence electrons. The van der Waals surface area contributed by atoms with Gasteiger partial charge in [0, 0.05) is 13.1 Å². The van der Waals surface area contributed by atoms with Crippen LogP contribution >= 0.6 is 11.7 Å². The first-order chi connectivity index (χ1) is 15.7. The Hall–Kier alpha value is -2.89. The molecule has 1 amide bonds. The van der Waals surface area contributed by atoms with Crippen LogP contribution in [-0.4, -0.2) is 53.0 Å². The van der Waals surface area contributed by atoms with Gasteiger partial charge < -0.3 is 10.1 Å². The van der Waals surface area contributed by atoms with E-state index in [-0.39, 0.29) is 10.5 Å². The van der Waals surface area contributed by atoms with E-state index in [0.29, 0.717) is 41.6 Å². The smallest absolute Gasteiger partial charge is 0.338 e. The summed E-state index contributed by atoms with van der Waals surface area (Å²) in [6.45, 7) is 4.56. The molecule has 2 heterocycles. The maximum absolute atomic E-state index is 13.0. The summed E-state index contributed by atoms with van der Waals surface area (Å²) in [7, 11) is -3.64. The summed E-state index contributed by atoms with van der Waals surface area (Å²) in [6, 6.07) is 10.8. The lowest BCUT2D eigenvalue weighted by molar-refractivity contribution is -0.119. The van der Waals surface area contributed by atoms with Crippen LogP contribution in [0.15, 0.2) is 47.4 Å². The largest absolute Gasteiger partial charge is 0.452 e. The van der Waals surface area contributed by atoms with Crippen molar-refractivity contribution in [3.63, 3.8) is 0 Å². The number of rotatable bonds is 6. The zero-order chi connectivity index (χ0) is 23.6. The molecule has 1 aliphatic rings. The highest BCUT2D eigenvalue weighted by Gasteiger charge is 2.31. The van der Waals surface area contributed by atoms with Gasteiger partial charge in [-0.15, -0.1) is 0 Å². The van der Waals surface area contributed by atoms with Crippen molar-refractivity contribution < 1.29 is 22.7 Å². The lowest BCUT2D eigenvalue weighted by atomic mass is 9.94. The zero-order valence-electron chi connectivity index (χ0n) is 18.2. The second-order valence-electron chi connectivity index (χ2n) is 8.35. The fourth-order valence-corrected chi connectivity index (χ4v) is 6.25. The lowest BCUT2D eigenvalue weighted by Crippen LogP contribution is -2.42. The standard InChI is InChI=1S/C22H24N4O5S2/c1-14-10-15(2)12-26(11-14)33(29,30)17-8-6-16(7-9-17)22(28)31-13-20(27)23-18-4-3-5-19-21(18)25-32-24-19/h3-9,14-15H,10-13H2,1-2H3,(H,23,27)/t14-,15+. The molecule has 4 rings (SSSR count). The molecule has 1 aliphatic heterocycles. The molecule has 1 N–H and O–H groups in total.